The molecule has 1 heterocycles. The minimum Gasteiger partial charge on any atom is -0.341 e. The van der Waals surface area contributed by atoms with E-state index in [9.17, 15) is 18.0 Å². The largest absolute Gasteiger partial charge is 0.417 e. The lowest BCUT2D eigenvalue weighted by atomic mass is 10.1. The summed E-state index contributed by atoms with van der Waals surface area (Å²) >= 11 is 1.76. The Hall–Kier alpha value is -1.30. The first-order chi connectivity index (χ1) is 7.96. The number of pyridine rings is 1. The number of carbonyl (C=O) groups excluding carboxylic acids is 1. The van der Waals surface area contributed by atoms with Crippen molar-refractivity contribution >= 4 is 28.5 Å². The number of amides is 1. The van der Waals surface area contributed by atoms with Crippen LogP contribution in [-0.2, 0) is 6.18 Å². The van der Waals surface area contributed by atoms with Gasteiger partial charge < -0.3 is 5.32 Å². The van der Waals surface area contributed by atoms with Crippen LogP contribution in [0.5, 0.6) is 0 Å². The van der Waals surface area contributed by atoms with Crippen LogP contribution < -0.4 is 5.32 Å². The van der Waals surface area contributed by atoms with Gasteiger partial charge >= 0.3 is 6.18 Å². The lowest BCUT2D eigenvalue weighted by molar-refractivity contribution is -0.138. The van der Waals surface area contributed by atoms with E-state index >= 15 is 0 Å². The van der Waals surface area contributed by atoms with E-state index in [-0.39, 0.29) is 6.54 Å². The van der Waals surface area contributed by atoms with Crippen LogP contribution in [0.3, 0.4) is 0 Å². The SMILES string of the molecule is O=C(NCC#CI)c1cnccc1C(F)(F)F. The Kier molecular flexibility index (Phi) is 4.74. The van der Waals surface area contributed by atoms with Crippen LogP contribution in [0.15, 0.2) is 18.5 Å². The molecule has 0 fully saturated rings. The van der Waals surface area contributed by atoms with E-state index in [1.165, 1.54) is 0 Å². The molecular weight excluding hydrogens is 348 g/mol. The molecule has 1 amide bonds. The van der Waals surface area contributed by atoms with Crippen LogP contribution in [0.25, 0.3) is 0 Å². The van der Waals surface area contributed by atoms with Gasteiger partial charge in [0.05, 0.1) is 17.7 Å². The van der Waals surface area contributed by atoms with E-state index in [1.54, 1.807) is 22.6 Å². The van der Waals surface area contributed by atoms with Crippen molar-refractivity contribution in [3.63, 3.8) is 0 Å². The maximum atomic E-state index is 12.6. The summed E-state index contributed by atoms with van der Waals surface area (Å²) in [5.41, 5.74) is -1.51. The molecule has 1 aromatic rings. The Morgan fingerprint density at radius 3 is 2.82 bits per heavy atom. The van der Waals surface area contributed by atoms with Crippen LogP contribution in [0.4, 0.5) is 13.2 Å². The molecule has 1 rings (SSSR count). The van der Waals surface area contributed by atoms with Gasteiger partial charge in [-0.15, -0.1) is 0 Å². The molecule has 0 aliphatic heterocycles. The Morgan fingerprint density at radius 2 is 2.24 bits per heavy atom. The zero-order valence-electron chi connectivity index (χ0n) is 8.31. The van der Waals surface area contributed by atoms with Crippen LogP contribution in [0, 0.1) is 9.85 Å². The third kappa shape index (κ3) is 3.89. The van der Waals surface area contributed by atoms with Crippen molar-refractivity contribution in [3.8, 4) is 9.85 Å². The Morgan fingerprint density at radius 1 is 1.53 bits per heavy atom. The van der Waals surface area contributed by atoms with Gasteiger partial charge in [0, 0.05) is 35.0 Å². The van der Waals surface area contributed by atoms with E-state index in [0.29, 0.717) is 0 Å². The Labute approximate surface area is 109 Å². The van der Waals surface area contributed by atoms with Crippen molar-refractivity contribution in [3.05, 3.63) is 29.6 Å². The van der Waals surface area contributed by atoms with Gasteiger partial charge in [0.2, 0.25) is 0 Å². The van der Waals surface area contributed by atoms with Gasteiger partial charge in [-0.05, 0) is 9.99 Å². The molecule has 0 radical (unpaired) electrons. The van der Waals surface area contributed by atoms with Gasteiger partial charge in [0.15, 0.2) is 0 Å². The highest BCUT2D eigenvalue weighted by Gasteiger charge is 2.35. The second-order valence-corrected chi connectivity index (χ2v) is 3.41. The maximum absolute atomic E-state index is 12.6. The summed E-state index contributed by atoms with van der Waals surface area (Å²) in [5, 5.41) is 2.26. The van der Waals surface area contributed by atoms with Gasteiger partial charge in [-0.25, -0.2) is 0 Å². The average Bonchev–Trinajstić information content (AvgIpc) is 2.28. The monoisotopic (exact) mass is 354 g/mol. The zero-order valence-corrected chi connectivity index (χ0v) is 10.5. The van der Waals surface area contributed by atoms with Gasteiger partial charge in [-0.2, -0.15) is 13.2 Å². The number of rotatable bonds is 2. The van der Waals surface area contributed by atoms with Gasteiger partial charge in [0.1, 0.15) is 0 Å². The van der Waals surface area contributed by atoms with E-state index in [4.69, 9.17) is 0 Å². The molecule has 17 heavy (non-hydrogen) atoms. The summed E-state index contributed by atoms with van der Waals surface area (Å²) in [7, 11) is 0. The number of hydrogen-bond acceptors (Lipinski definition) is 2. The topological polar surface area (TPSA) is 42.0 Å². The fraction of sp³-hybridized carbons (Fsp3) is 0.200. The van der Waals surface area contributed by atoms with E-state index in [1.807, 2.05) is 0 Å². The molecule has 0 aromatic carbocycles. The number of carbonyl (C=O) groups is 1. The number of alkyl halides is 3. The predicted molar refractivity (Wildman–Crippen MR) is 63.4 cm³/mol. The number of nitrogens with one attached hydrogen (secondary N) is 1. The normalized spacial score (nSPS) is 10.4. The van der Waals surface area contributed by atoms with Crippen LogP contribution >= 0.6 is 22.6 Å². The average molecular weight is 354 g/mol. The Bertz CT molecular complexity index is 476. The summed E-state index contributed by atoms with van der Waals surface area (Å²) in [6.07, 6.45) is -2.70. The van der Waals surface area contributed by atoms with Crippen molar-refractivity contribution in [2.45, 2.75) is 6.18 Å². The van der Waals surface area contributed by atoms with Crippen molar-refractivity contribution in [1.29, 1.82) is 0 Å². The second kappa shape index (κ2) is 5.86. The molecule has 0 saturated heterocycles. The zero-order chi connectivity index (χ0) is 12.9. The van der Waals surface area contributed by atoms with Crippen molar-refractivity contribution in [2.75, 3.05) is 6.54 Å². The first-order valence-corrected chi connectivity index (χ1v) is 5.42. The van der Waals surface area contributed by atoms with Crippen molar-refractivity contribution in [1.82, 2.24) is 10.3 Å². The quantitative estimate of drug-likeness (QED) is 0.654. The number of aromatic nitrogens is 1. The van der Waals surface area contributed by atoms with Crippen molar-refractivity contribution in [2.24, 2.45) is 0 Å². The molecule has 0 spiro atoms. The smallest absolute Gasteiger partial charge is 0.341 e. The van der Waals surface area contributed by atoms with E-state index in [2.05, 4.69) is 20.1 Å². The van der Waals surface area contributed by atoms with Crippen LogP contribution in [0.2, 0.25) is 0 Å². The second-order valence-electron chi connectivity index (χ2n) is 2.87. The van der Waals surface area contributed by atoms with Crippen LogP contribution in [-0.4, -0.2) is 17.4 Å². The van der Waals surface area contributed by atoms with E-state index in [0.717, 1.165) is 18.5 Å². The summed E-state index contributed by atoms with van der Waals surface area (Å²) < 4.78 is 40.2. The molecule has 0 unspecified atom stereocenters. The van der Waals surface area contributed by atoms with Gasteiger partial charge in [0.25, 0.3) is 5.91 Å². The van der Waals surface area contributed by atoms with Gasteiger partial charge in [-0.1, -0.05) is 5.92 Å². The molecule has 3 nitrogen and oxygen atoms in total. The molecule has 0 saturated carbocycles. The highest BCUT2D eigenvalue weighted by molar-refractivity contribution is 14.1. The molecule has 0 aliphatic rings. The highest BCUT2D eigenvalue weighted by atomic mass is 127. The number of halogens is 4. The third-order valence-electron chi connectivity index (χ3n) is 1.78. The van der Waals surface area contributed by atoms with Crippen molar-refractivity contribution < 1.29 is 18.0 Å². The van der Waals surface area contributed by atoms with E-state index < -0.39 is 23.2 Å². The fourth-order valence-corrected chi connectivity index (χ4v) is 1.27. The predicted octanol–water partition coefficient (Wildman–Crippen LogP) is 2.23. The molecule has 90 valence electrons. The summed E-state index contributed by atoms with van der Waals surface area (Å²) in [6, 6.07) is 0.763. The molecular formula is C10H6F3IN2O. The minimum atomic E-state index is -4.58. The summed E-state index contributed by atoms with van der Waals surface area (Å²) in [4.78, 5) is 15.0. The first kappa shape index (κ1) is 13.8. The lowest BCUT2D eigenvalue weighted by Gasteiger charge is -2.10. The first-order valence-electron chi connectivity index (χ1n) is 4.34. The standard InChI is InChI=1S/C10H6F3IN2O/c11-10(12,13)8-2-5-15-6-7(8)9(17)16-4-1-3-14/h2,5-6H,4H2,(H,16,17). The molecule has 7 heteroatoms. The minimum absolute atomic E-state index is 0.00599. The molecule has 0 aliphatic carbocycles. The molecule has 0 atom stereocenters. The molecule has 0 bridgehead atoms. The number of hydrogen-bond donors (Lipinski definition) is 1. The van der Waals surface area contributed by atoms with Crippen LogP contribution in [0.1, 0.15) is 15.9 Å². The summed E-state index contributed by atoms with van der Waals surface area (Å²) in [6.45, 7) is -0.00599. The third-order valence-corrected chi connectivity index (χ3v) is 2.16. The molecule has 1 N–H and O–H groups in total. The Balaban J connectivity index is 2.96. The highest BCUT2D eigenvalue weighted by Crippen LogP contribution is 2.31. The maximum Gasteiger partial charge on any atom is 0.417 e. The summed E-state index contributed by atoms with van der Waals surface area (Å²) in [5.74, 6) is 1.67. The van der Waals surface area contributed by atoms with Gasteiger partial charge in [-0.3, -0.25) is 9.78 Å². The molecule has 1 aromatic heterocycles. The fourth-order valence-electron chi connectivity index (χ4n) is 1.08. The lowest BCUT2D eigenvalue weighted by Crippen LogP contribution is -2.26. The number of nitrogens with zero attached hydrogens (tertiary/aromatic N) is 1.